The molecule has 0 spiro atoms. The number of fused-ring (bicyclic) bond motifs is 1. The summed E-state index contributed by atoms with van der Waals surface area (Å²) < 4.78 is 1.53. The van der Waals surface area contributed by atoms with Crippen molar-refractivity contribution in [3.8, 4) is 0 Å². The lowest BCUT2D eigenvalue weighted by atomic mass is 9.78. The summed E-state index contributed by atoms with van der Waals surface area (Å²) in [7, 11) is 1.70. The van der Waals surface area contributed by atoms with Crippen LogP contribution in [0.5, 0.6) is 0 Å². The molecule has 2 amide bonds. The maximum atomic E-state index is 13.2. The zero-order valence-electron chi connectivity index (χ0n) is 16.6. The number of nitrogens with zero attached hydrogens (tertiary/aromatic N) is 3. The number of hydrogen-bond donors (Lipinski definition) is 1. The number of unbranched alkanes of at least 4 members (excludes halogenated alkanes) is 1. The highest BCUT2D eigenvalue weighted by Crippen LogP contribution is 2.33. The first-order valence-electron chi connectivity index (χ1n) is 10.1. The summed E-state index contributed by atoms with van der Waals surface area (Å²) in [5.41, 5.74) is 1.23. The summed E-state index contributed by atoms with van der Waals surface area (Å²) in [4.78, 5) is 44.5. The lowest BCUT2D eigenvalue weighted by molar-refractivity contribution is -0.144. The van der Waals surface area contributed by atoms with Gasteiger partial charge in [0.05, 0.1) is 24.3 Å². The third-order valence-electron chi connectivity index (χ3n) is 5.94. The minimum atomic E-state index is -0.292. The maximum absolute atomic E-state index is 13.2. The molecule has 0 saturated heterocycles. The van der Waals surface area contributed by atoms with E-state index in [1.165, 1.54) is 4.57 Å². The molecule has 2 aliphatic rings. The van der Waals surface area contributed by atoms with Crippen LogP contribution in [0.4, 0.5) is 0 Å². The lowest BCUT2D eigenvalue weighted by Crippen LogP contribution is -2.44. The van der Waals surface area contributed by atoms with Crippen LogP contribution in [0.2, 0.25) is 0 Å². The average molecular weight is 374 g/mol. The van der Waals surface area contributed by atoms with Gasteiger partial charge < -0.3 is 10.2 Å². The number of hydrogen-bond acceptors (Lipinski definition) is 4. The summed E-state index contributed by atoms with van der Waals surface area (Å²) in [5, 5.41) is 2.99. The zero-order chi connectivity index (χ0) is 19.6. The van der Waals surface area contributed by atoms with E-state index in [1.54, 1.807) is 18.9 Å². The molecule has 3 rings (SSSR count). The van der Waals surface area contributed by atoms with Crippen LogP contribution >= 0.6 is 0 Å². The average Bonchev–Trinajstić information content (AvgIpc) is 3.09. The molecule has 1 aromatic heterocycles. The molecule has 2 heterocycles. The quantitative estimate of drug-likeness (QED) is 0.795. The molecule has 1 fully saturated rings. The molecule has 7 nitrogen and oxygen atoms in total. The molecule has 1 aliphatic heterocycles. The minimum Gasteiger partial charge on any atom is -0.356 e. The number of aromatic nitrogens is 2. The molecule has 0 unspecified atom stereocenters. The zero-order valence-corrected chi connectivity index (χ0v) is 16.6. The Morgan fingerprint density at radius 1 is 1.19 bits per heavy atom. The minimum absolute atomic E-state index is 0.00287. The Kier molecular flexibility index (Phi) is 5.97. The van der Waals surface area contributed by atoms with Gasteiger partial charge in [0.25, 0.3) is 5.56 Å². The largest absolute Gasteiger partial charge is 0.356 e. The van der Waals surface area contributed by atoms with Crippen LogP contribution in [0.15, 0.2) is 4.79 Å². The van der Waals surface area contributed by atoms with E-state index in [1.807, 2.05) is 0 Å². The fourth-order valence-electron chi connectivity index (χ4n) is 4.18. The van der Waals surface area contributed by atoms with Crippen molar-refractivity contribution in [2.75, 3.05) is 6.54 Å². The van der Waals surface area contributed by atoms with Crippen molar-refractivity contribution in [3.05, 3.63) is 27.4 Å². The topological polar surface area (TPSA) is 84.3 Å². The van der Waals surface area contributed by atoms with E-state index in [0.717, 1.165) is 38.5 Å². The Morgan fingerprint density at radius 2 is 1.89 bits per heavy atom. The Labute approximate surface area is 160 Å². The van der Waals surface area contributed by atoms with Crippen LogP contribution in [0.25, 0.3) is 0 Å². The highest BCUT2D eigenvalue weighted by Gasteiger charge is 2.39. The van der Waals surface area contributed by atoms with Crippen molar-refractivity contribution in [1.29, 1.82) is 0 Å². The van der Waals surface area contributed by atoms with Crippen LogP contribution < -0.4 is 10.9 Å². The van der Waals surface area contributed by atoms with Crippen LogP contribution in [-0.4, -0.2) is 32.8 Å². The third kappa shape index (κ3) is 3.92. The summed E-state index contributed by atoms with van der Waals surface area (Å²) in [6, 6.07) is 0. The van der Waals surface area contributed by atoms with Gasteiger partial charge in [0.2, 0.25) is 11.8 Å². The summed E-state index contributed by atoms with van der Waals surface area (Å²) in [5.74, 6) is 0.0917. The van der Waals surface area contributed by atoms with Gasteiger partial charge in [-0.25, -0.2) is 4.98 Å². The van der Waals surface area contributed by atoms with Gasteiger partial charge in [0, 0.05) is 25.4 Å². The van der Waals surface area contributed by atoms with Crippen molar-refractivity contribution >= 4 is 11.8 Å². The van der Waals surface area contributed by atoms with E-state index in [4.69, 9.17) is 0 Å². The molecule has 7 heteroatoms. The monoisotopic (exact) mass is 374 g/mol. The SMILES string of the molecule is CCCCNC(=O)[C@@H]1CCCC[C@@H]1C(=O)N1Cc2nc(C)n(C)c(=O)c2C1. The Morgan fingerprint density at radius 3 is 2.59 bits per heavy atom. The molecule has 1 saturated carbocycles. The molecular weight excluding hydrogens is 344 g/mol. The normalized spacial score (nSPS) is 21.8. The first kappa shape index (κ1) is 19.6. The molecule has 0 bridgehead atoms. The highest BCUT2D eigenvalue weighted by atomic mass is 16.2. The van der Waals surface area contributed by atoms with Crippen molar-refractivity contribution < 1.29 is 9.59 Å². The molecule has 1 aliphatic carbocycles. The number of nitrogens with one attached hydrogen (secondary N) is 1. The van der Waals surface area contributed by atoms with Crippen LogP contribution in [0.1, 0.15) is 62.5 Å². The second kappa shape index (κ2) is 8.23. The molecule has 27 heavy (non-hydrogen) atoms. The Hall–Kier alpha value is -2.18. The highest BCUT2D eigenvalue weighted by molar-refractivity contribution is 5.88. The number of rotatable bonds is 5. The molecule has 1 aromatic rings. The van der Waals surface area contributed by atoms with E-state index >= 15 is 0 Å². The van der Waals surface area contributed by atoms with Crippen LogP contribution in [-0.2, 0) is 29.7 Å². The lowest BCUT2D eigenvalue weighted by Gasteiger charge is -2.32. The fourth-order valence-corrected chi connectivity index (χ4v) is 4.18. The first-order valence-corrected chi connectivity index (χ1v) is 10.1. The summed E-state index contributed by atoms with van der Waals surface area (Å²) in [6.45, 7) is 5.22. The number of aryl methyl sites for hydroxylation is 1. The van der Waals surface area contributed by atoms with E-state index in [-0.39, 0.29) is 29.2 Å². The van der Waals surface area contributed by atoms with E-state index < -0.39 is 0 Å². The van der Waals surface area contributed by atoms with Gasteiger partial charge in [0.15, 0.2) is 0 Å². The van der Waals surface area contributed by atoms with Gasteiger partial charge in [-0.05, 0) is 26.2 Å². The Balaban J connectivity index is 1.73. The number of carbonyl (C=O) groups excluding carboxylic acids is 2. The predicted octanol–water partition coefficient (Wildman–Crippen LogP) is 1.65. The van der Waals surface area contributed by atoms with Gasteiger partial charge in [-0.3, -0.25) is 19.0 Å². The van der Waals surface area contributed by atoms with Crippen molar-refractivity contribution in [1.82, 2.24) is 19.8 Å². The third-order valence-corrected chi connectivity index (χ3v) is 5.94. The Bertz CT molecular complexity index is 786. The second-order valence-electron chi connectivity index (χ2n) is 7.78. The van der Waals surface area contributed by atoms with Crippen LogP contribution in [0, 0.1) is 18.8 Å². The smallest absolute Gasteiger partial charge is 0.258 e. The second-order valence-corrected chi connectivity index (χ2v) is 7.78. The molecule has 0 radical (unpaired) electrons. The number of amides is 2. The van der Waals surface area contributed by atoms with Gasteiger partial charge in [-0.15, -0.1) is 0 Å². The van der Waals surface area contributed by atoms with Crippen molar-refractivity contribution in [3.63, 3.8) is 0 Å². The van der Waals surface area contributed by atoms with Crippen LogP contribution in [0.3, 0.4) is 0 Å². The number of carbonyl (C=O) groups is 2. The van der Waals surface area contributed by atoms with E-state index in [0.29, 0.717) is 36.7 Å². The molecule has 2 atom stereocenters. The molecular formula is C20H30N4O3. The van der Waals surface area contributed by atoms with E-state index in [2.05, 4.69) is 17.2 Å². The van der Waals surface area contributed by atoms with Crippen molar-refractivity contribution in [2.45, 2.75) is 65.5 Å². The first-order chi connectivity index (χ1) is 12.9. The molecule has 148 valence electrons. The fraction of sp³-hybridized carbons (Fsp3) is 0.700. The van der Waals surface area contributed by atoms with Gasteiger partial charge >= 0.3 is 0 Å². The van der Waals surface area contributed by atoms with Gasteiger partial charge in [-0.2, -0.15) is 0 Å². The van der Waals surface area contributed by atoms with E-state index in [9.17, 15) is 14.4 Å². The van der Waals surface area contributed by atoms with Crippen molar-refractivity contribution in [2.24, 2.45) is 18.9 Å². The molecule has 0 aromatic carbocycles. The summed E-state index contributed by atoms with van der Waals surface area (Å²) >= 11 is 0. The predicted molar refractivity (Wildman–Crippen MR) is 102 cm³/mol. The standard InChI is InChI=1S/C20H30N4O3/c1-4-5-10-21-18(25)14-8-6-7-9-15(14)20(27)24-11-16-17(12-24)22-13(2)23(3)19(16)26/h14-15H,4-12H2,1-3H3,(H,21,25)/t14-,15+/m1/s1. The summed E-state index contributed by atoms with van der Waals surface area (Å²) in [6.07, 6.45) is 5.43. The van der Waals surface area contributed by atoms with Gasteiger partial charge in [-0.1, -0.05) is 26.2 Å². The molecule has 1 N–H and O–H groups in total. The van der Waals surface area contributed by atoms with Gasteiger partial charge in [0.1, 0.15) is 5.82 Å². The maximum Gasteiger partial charge on any atom is 0.258 e.